The second kappa shape index (κ2) is 11.2. The van der Waals surface area contributed by atoms with Crippen LogP contribution >= 0.6 is 36.6 Å². The van der Waals surface area contributed by atoms with Gasteiger partial charge in [0.1, 0.15) is 11.8 Å². The normalized spacial score (nSPS) is 22.9. The van der Waals surface area contributed by atoms with Crippen molar-refractivity contribution >= 4 is 47.5 Å². The van der Waals surface area contributed by atoms with E-state index in [0.29, 0.717) is 44.1 Å². The molecule has 7 nitrogen and oxygen atoms in total. The third kappa shape index (κ3) is 5.10. The molecule has 11 heteroatoms. The van der Waals surface area contributed by atoms with E-state index in [1.165, 1.54) is 6.07 Å². The fraction of sp³-hybridized carbons (Fsp3) is 0.440. The molecule has 0 amide bonds. The lowest BCUT2D eigenvalue weighted by atomic mass is 9.88. The van der Waals surface area contributed by atoms with Crippen LogP contribution in [0, 0.1) is 5.82 Å². The molecule has 2 aromatic heterocycles. The minimum absolute atomic E-state index is 0. The average molecular weight is 556 g/mol. The monoisotopic (exact) mass is 554 g/mol. The van der Waals surface area contributed by atoms with Crippen molar-refractivity contribution < 1.29 is 14.2 Å². The van der Waals surface area contributed by atoms with Gasteiger partial charge in [-0.25, -0.2) is 4.39 Å². The predicted octanol–water partition coefficient (Wildman–Crippen LogP) is 3.53. The van der Waals surface area contributed by atoms with E-state index in [-0.39, 0.29) is 48.2 Å². The fourth-order valence-electron chi connectivity index (χ4n) is 5.51. The topological polar surface area (TPSA) is 79.6 Å². The zero-order valence-corrected chi connectivity index (χ0v) is 22.0. The number of aryl methyl sites for hydroxylation is 1. The van der Waals surface area contributed by atoms with Gasteiger partial charge < -0.3 is 24.6 Å². The summed E-state index contributed by atoms with van der Waals surface area (Å²) in [6, 6.07) is 8.62. The molecule has 0 aliphatic carbocycles. The number of rotatable bonds is 5. The molecule has 3 aliphatic rings. The molecular weight excluding hydrogens is 526 g/mol. The molecule has 0 radical (unpaired) electrons. The summed E-state index contributed by atoms with van der Waals surface area (Å²) in [4.78, 5) is 20.1. The molecule has 3 aromatic rings. The largest absolute Gasteiger partial charge is 0.480 e. The van der Waals surface area contributed by atoms with Gasteiger partial charge in [-0.2, -0.15) is 0 Å². The number of thioether (sulfide) groups is 1. The van der Waals surface area contributed by atoms with E-state index in [0.717, 1.165) is 40.2 Å². The SMILES string of the molecule is Cl.Cl.O=c1ccc2ccc(F)c3c2n1CCC3CN1CC[C@H](NCc2cc3c(cn2)OCS3)[C@H](O)C1. The van der Waals surface area contributed by atoms with Crippen LogP contribution in [-0.4, -0.2) is 57.3 Å². The van der Waals surface area contributed by atoms with Gasteiger partial charge in [0.25, 0.3) is 5.56 Å². The van der Waals surface area contributed by atoms with Gasteiger partial charge in [0.15, 0.2) is 5.75 Å². The van der Waals surface area contributed by atoms with Crippen LogP contribution in [0.2, 0.25) is 0 Å². The second-order valence-electron chi connectivity index (χ2n) is 9.34. The molecule has 3 aliphatic heterocycles. The molecule has 1 saturated heterocycles. The number of hydrogen-bond donors (Lipinski definition) is 2. The van der Waals surface area contributed by atoms with E-state index < -0.39 is 6.10 Å². The first kappa shape index (κ1) is 27.2. The van der Waals surface area contributed by atoms with Gasteiger partial charge >= 0.3 is 0 Å². The average Bonchev–Trinajstić information content (AvgIpc) is 3.31. The molecule has 1 aromatic carbocycles. The van der Waals surface area contributed by atoms with Crippen molar-refractivity contribution in [2.24, 2.45) is 0 Å². The molecule has 2 N–H and O–H groups in total. The zero-order valence-electron chi connectivity index (χ0n) is 19.6. The Morgan fingerprint density at radius 3 is 2.86 bits per heavy atom. The number of pyridine rings is 2. The molecule has 0 spiro atoms. The van der Waals surface area contributed by atoms with Crippen LogP contribution in [0.25, 0.3) is 10.9 Å². The number of hydrogen-bond acceptors (Lipinski definition) is 7. The lowest BCUT2D eigenvalue weighted by Gasteiger charge is -2.39. The van der Waals surface area contributed by atoms with Crippen LogP contribution in [0.4, 0.5) is 4.39 Å². The number of nitrogens with zero attached hydrogens (tertiary/aromatic N) is 3. The Labute approximate surface area is 225 Å². The molecule has 1 unspecified atom stereocenters. The maximum absolute atomic E-state index is 14.9. The van der Waals surface area contributed by atoms with E-state index in [9.17, 15) is 14.3 Å². The summed E-state index contributed by atoms with van der Waals surface area (Å²) in [6.45, 7) is 3.22. The standard InChI is InChI=1S/C25H27FN4O3S.2ClH/c26-18-3-1-15-2-4-23(32)30-8-5-16(24(18)25(15)30)12-29-7-6-19(20(31)13-29)28-10-17-9-22-21(11-27-17)33-14-34-22;;/h1-4,9,11,16,19-20,28,31H,5-8,10,12-14H2;2*1H/t16?,19-,20+;;/m0../s1. The van der Waals surface area contributed by atoms with Gasteiger partial charge in [-0.3, -0.25) is 9.78 Å². The zero-order chi connectivity index (χ0) is 23.2. The molecule has 36 heavy (non-hydrogen) atoms. The Balaban J connectivity index is 0.00000152. The smallest absolute Gasteiger partial charge is 0.251 e. The summed E-state index contributed by atoms with van der Waals surface area (Å²) in [5.74, 6) is 1.22. The summed E-state index contributed by atoms with van der Waals surface area (Å²) < 4.78 is 22.1. The molecule has 0 saturated carbocycles. The number of piperidine rings is 1. The molecular formula is C25H29Cl2FN4O3S. The van der Waals surface area contributed by atoms with Crippen LogP contribution in [0.5, 0.6) is 5.75 Å². The van der Waals surface area contributed by atoms with Gasteiger partial charge in [0.05, 0.1) is 28.4 Å². The van der Waals surface area contributed by atoms with Gasteiger partial charge in [-0.05, 0) is 49.0 Å². The number of ether oxygens (including phenoxy) is 1. The van der Waals surface area contributed by atoms with E-state index in [2.05, 4.69) is 15.2 Å². The number of halogens is 3. The van der Waals surface area contributed by atoms with Crippen LogP contribution < -0.4 is 15.6 Å². The Bertz CT molecular complexity index is 1310. The van der Waals surface area contributed by atoms with Crippen LogP contribution in [0.15, 0.2) is 46.2 Å². The number of likely N-dealkylation sites (tertiary alicyclic amines) is 1. The fourth-order valence-corrected chi connectivity index (χ4v) is 6.29. The number of fused-ring (bicyclic) bond motifs is 1. The van der Waals surface area contributed by atoms with E-state index in [4.69, 9.17) is 4.74 Å². The highest BCUT2D eigenvalue weighted by Crippen LogP contribution is 2.36. The highest BCUT2D eigenvalue weighted by atomic mass is 35.5. The lowest BCUT2D eigenvalue weighted by molar-refractivity contribution is 0.0363. The van der Waals surface area contributed by atoms with Gasteiger partial charge in [0, 0.05) is 49.8 Å². The second-order valence-corrected chi connectivity index (χ2v) is 10.3. The van der Waals surface area contributed by atoms with E-state index >= 15 is 0 Å². The van der Waals surface area contributed by atoms with Crippen molar-refractivity contribution in [1.82, 2.24) is 19.8 Å². The number of aliphatic hydroxyl groups is 1. The first-order valence-electron chi connectivity index (χ1n) is 11.8. The maximum atomic E-state index is 14.9. The predicted molar refractivity (Wildman–Crippen MR) is 143 cm³/mol. The number of aliphatic hydroxyl groups excluding tert-OH is 1. The van der Waals surface area contributed by atoms with Gasteiger partial charge in [-0.1, -0.05) is 11.8 Å². The van der Waals surface area contributed by atoms with Crippen molar-refractivity contribution in [3.63, 3.8) is 0 Å². The summed E-state index contributed by atoms with van der Waals surface area (Å²) in [7, 11) is 0. The minimum Gasteiger partial charge on any atom is -0.480 e. The number of nitrogens with one attached hydrogen (secondary N) is 1. The highest BCUT2D eigenvalue weighted by Gasteiger charge is 2.32. The Morgan fingerprint density at radius 1 is 1.19 bits per heavy atom. The molecule has 3 atom stereocenters. The molecule has 5 heterocycles. The van der Waals surface area contributed by atoms with Crippen molar-refractivity contribution in [2.45, 2.75) is 48.9 Å². The Morgan fingerprint density at radius 2 is 2.03 bits per heavy atom. The third-order valence-corrected chi connectivity index (χ3v) is 8.12. The highest BCUT2D eigenvalue weighted by molar-refractivity contribution is 7.99. The van der Waals surface area contributed by atoms with Crippen molar-refractivity contribution in [2.75, 3.05) is 25.6 Å². The van der Waals surface area contributed by atoms with E-state index in [1.54, 1.807) is 40.7 Å². The van der Waals surface area contributed by atoms with Crippen LogP contribution in [0.1, 0.15) is 30.0 Å². The maximum Gasteiger partial charge on any atom is 0.251 e. The Kier molecular flexibility index (Phi) is 8.49. The Hall–Kier alpha value is -1.88. The summed E-state index contributed by atoms with van der Waals surface area (Å²) in [5, 5.41) is 15.2. The quantitative estimate of drug-likeness (QED) is 0.499. The van der Waals surface area contributed by atoms with E-state index in [1.807, 2.05) is 6.07 Å². The molecule has 1 fully saturated rings. The molecule has 0 bridgehead atoms. The van der Waals surface area contributed by atoms with Gasteiger partial charge in [-0.15, -0.1) is 24.8 Å². The number of benzene rings is 1. The minimum atomic E-state index is -0.514. The first-order chi connectivity index (χ1) is 16.6. The number of β-amino-alcohol motifs (C(OH)–C–C–N with tert-alkyl or cyclic N) is 1. The van der Waals surface area contributed by atoms with Crippen LogP contribution in [0.3, 0.4) is 0 Å². The van der Waals surface area contributed by atoms with Crippen molar-refractivity contribution in [3.8, 4) is 5.75 Å². The third-order valence-electron chi connectivity index (χ3n) is 7.25. The summed E-state index contributed by atoms with van der Waals surface area (Å²) >= 11 is 1.66. The van der Waals surface area contributed by atoms with Crippen molar-refractivity contribution in [3.05, 3.63) is 64.0 Å². The van der Waals surface area contributed by atoms with Crippen LogP contribution in [-0.2, 0) is 13.1 Å². The first-order valence-corrected chi connectivity index (χ1v) is 12.8. The van der Waals surface area contributed by atoms with Gasteiger partial charge in [0.2, 0.25) is 0 Å². The molecule has 194 valence electrons. The lowest BCUT2D eigenvalue weighted by Crippen LogP contribution is -2.53. The number of aromatic nitrogens is 2. The summed E-state index contributed by atoms with van der Waals surface area (Å²) in [5.41, 5.74) is 2.22. The molecule has 6 rings (SSSR count). The van der Waals surface area contributed by atoms with Crippen molar-refractivity contribution in [1.29, 1.82) is 0 Å². The summed E-state index contributed by atoms with van der Waals surface area (Å²) in [6.07, 6.45) is 2.77.